The quantitative estimate of drug-likeness (QED) is 0.336. The van der Waals surface area contributed by atoms with Crippen LogP contribution in [-0.2, 0) is 15.5 Å². The molecule has 4 rings (SSSR count). The summed E-state index contributed by atoms with van der Waals surface area (Å²) in [7, 11) is -4.05. The van der Waals surface area contributed by atoms with Crippen molar-refractivity contribution in [2.45, 2.75) is 19.8 Å². The van der Waals surface area contributed by atoms with E-state index in [1.165, 1.54) is 0 Å². The van der Waals surface area contributed by atoms with E-state index >= 15 is 0 Å². The van der Waals surface area contributed by atoms with Gasteiger partial charge in [0.25, 0.3) is 0 Å². The first-order valence-corrected chi connectivity index (χ1v) is 12.0. The molecule has 0 N–H and O–H groups in total. The van der Waals surface area contributed by atoms with E-state index in [0.717, 1.165) is 16.7 Å². The lowest BCUT2D eigenvalue weighted by Crippen LogP contribution is -2.07. The maximum Gasteiger partial charge on any atom is 0.647 e. The molecule has 0 saturated heterocycles. The Labute approximate surface area is 189 Å². The second kappa shape index (κ2) is 10.2. The highest BCUT2D eigenvalue weighted by Gasteiger charge is 2.34. The number of para-hydroxylation sites is 1. The van der Waals surface area contributed by atoms with E-state index in [-0.39, 0.29) is 0 Å². The number of hydrogen-bond donors (Lipinski definition) is 0. The summed E-state index contributed by atoms with van der Waals surface area (Å²) in [6.45, 7) is 1.94. The predicted octanol–water partition coefficient (Wildman–Crippen LogP) is 7.59. The maximum absolute atomic E-state index is 13.9. The smallest absolute Gasteiger partial charge is 0.386 e. The average Bonchev–Trinajstić information content (AvgIpc) is 3.00. The van der Waals surface area contributed by atoms with Gasteiger partial charge in [0.1, 0.15) is 17.3 Å². The zero-order valence-electron chi connectivity index (χ0n) is 17.9. The molecule has 0 fully saturated rings. The van der Waals surface area contributed by atoms with E-state index in [9.17, 15) is 4.57 Å². The highest BCUT2D eigenvalue weighted by atomic mass is 31.2. The van der Waals surface area contributed by atoms with Gasteiger partial charge in [-0.25, -0.2) is 0 Å². The molecule has 1 atom stereocenters. The molecule has 0 aliphatic heterocycles. The van der Waals surface area contributed by atoms with E-state index in [0.29, 0.717) is 30.1 Å². The second-order valence-electron chi connectivity index (χ2n) is 7.47. The van der Waals surface area contributed by atoms with Crippen molar-refractivity contribution in [3.63, 3.8) is 0 Å². The van der Waals surface area contributed by atoms with Crippen molar-refractivity contribution in [2.24, 2.45) is 0 Å². The van der Waals surface area contributed by atoms with Gasteiger partial charge in [-0.1, -0.05) is 78.9 Å². The molecule has 0 bridgehead atoms. The summed E-state index contributed by atoms with van der Waals surface area (Å²) < 4.78 is 31.6. The minimum Gasteiger partial charge on any atom is -0.386 e. The summed E-state index contributed by atoms with van der Waals surface area (Å²) in [6.07, 6.45) is 9.02. The van der Waals surface area contributed by atoms with Gasteiger partial charge >= 0.3 is 7.82 Å². The van der Waals surface area contributed by atoms with Gasteiger partial charge in [-0.15, -0.1) is 0 Å². The van der Waals surface area contributed by atoms with Crippen LogP contribution in [0.3, 0.4) is 0 Å². The average molecular weight is 444 g/mol. The Hall–Kier alpha value is -3.49. The van der Waals surface area contributed by atoms with Crippen LogP contribution >= 0.6 is 7.82 Å². The van der Waals surface area contributed by atoms with Crippen LogP contribution in [0.25, 0.3) is 0 Å². The summed E-state index contributed by atoms with van der Waals surface area (Å²) in [5, 5.41) is 0. The molecule has 0 heterocycles. The molecule has 1 aliphatic carbocycles. The van der Waals surface area contributed by atoms with Crippen molar-refractivity contribution < 1.29 is 18.1 Å². The molecule has 0 aromatic heterocycles. The SMILES string of the molecule is Cc1cccc(OP(=O)(OC2=C(Cc3ccccc3)CC=CC=C2)Oc2ccccc2)c1. The van der Waals surface area contributed by atoms with E-state index < -0.39 is 7.82 Å². The van der Waals surface area contributed by atoms with Gasteiger partial charge in [-0.3, -0.25) is 0 Å². The Morgan fingerprint density at radius 1 is 0.781 bits per heavy atom. The monoisotopic (exact) mass is 444 g/mol. The second-order valence-corrected chi connectivity index (χ2v) is 8.91. The highest BCUT2D eigenvalue weighted by Crippen LogP contribution is 2.52. The molecule has 3 aromatic rings. The Balaban J connectivity index is 1.68. The summed E-state index contributed by atoms with van der Waals surface area (Å²) in [5.74, 6) is 1.32. The Bertz CT molecular complexity index is 1180. The third kappa shape index (κ3) is 6.03. The van der Waals surface area contributed by atoms with Crippen LogP contribution in [0, 0.1) is 6.92 Å². The maximum atomic E-state index is 13.9. The lowest BCUT2D eigenvalue weighted by atomic mass is 10.0. The van der Waals surface area contributed by atoms with Crippen molar-refractivity contribution in [3.05, 3.63) is 132 Å². The first-order valence-electron chi connectivity index (χ1n) is 10.5. The number of aryl methyl sites for hydroxylation is 1. The van der Waals surface area contributed by atoms with Crippen LogP contribution in [0.1, 0.15) is 17.5 Å². The zero-order chi connectivity index (χ0) is 22.2. The molecule has 3 aromatic carbocycles. The van der Waals surface area contributed by atoms with Crippen LogP contribution in [0.4, 0.5) is 0 Å². The minimum absolute atomic E-state index is 0.407. The molecule has 0 spiro atoms. The highest BCUT2D eigenvalue weighted by molar-refractivity contribution is 7.49. The molecule has 4 nitrogen and oxygen atoms in total. The van der Waals surface area contributed by atoms with Gasteiger partial charge in [0.2, 0.25) is 0 Å². The van der Waals surface area contributed by atoms with Crippen molar-refractivity contribution in [1.82, 2.24) is 0 Å². The van der Waals surface area contributed by atoms with Gasteiger partial charge in [0.05, 0.1) is 0 Å². The van der Waals surface area contributed by atoms with Gasteiger partial charge in [-0.2, -0.15) is 4.57 Å². The van der Waals surface area contributed by atoms with Crippen LogP contribution in [0.5, 0.6) is 11.5 Å². The van der Waals surface area contributed by atoms with E-state index in [4.69, 9.17) is 13.6 Å². The van der Waals surface area contributed by atoms with Gasteiger partial charge < -0.3 is 13.6 Å². The largest absolute Gasteiger partial charge is 0.647 e. The topological polar surface area (TPSA) is 44.8 Å². The Kier molecular flexibility index (Phi) is 6.94. The third-order valence-electron chi connectivity index (χ3n) is 4.85. The van der Waals surface area contributed by atoms with Crippen LogP contribution in [0.2, 0.25) is 0 Å². The summed E-state index contributed by atoms with van der Waals surface area (Å²) in [4.78, 5) is 0. The lowest BCUT2D eigenvalue weighted by Gasteiger charge is -2.21. The van der Waals surface area contributed by atoms with Gasteiger partial charge in [0.15, 0.2) is 0 Å². The molecule has 1 unspecified atom stereocenters. The number of phosphoric ester groups is 1. The minimum atomic E-state index is -4.05. The van der Waals surface area contributed by atoms with Crippen LogP contribution in [0.15, 0.2) is 121 Å². The molecule has 5 heteroatoms. The predicted molar refractivity (Wildman–Crippen MR) is 128 cm³/mol. The molecule has 0 saturated carbocycles. The number of phosphoric acid groups is 1. The number of allylic oxidation sites excluding steroid dienone is 5. The fourth-order valence-electron chi connectivity index (χ4n) is 3.33. The van der Waals surface area contributed by atoms with Crippen molar-refractivity contribution in [3.8, 4) is 11.5 Å². The fourth-order valence-corrected chi connectivity index (χ4v) is 4.63. The zero-order valence-corrected chi connectivity index (χ0v) is 18.8. The number of rotatable bonds is 8. The Morgan fingerprint density at radius 3 is 2.22 bits per heavy atom. The normalized spacial score (nSPS) is 15.0. The lowest BCUT2D eigenvalue weighted by molar-refractivity contribution is 0.260. The van der Waals surface area contributed by atoms with Gasteiger partial charge in [0, 0.05) is 0 Å². The molecule has 0 radical (unpaired) electrons. The standard InChI is InChI=1S/C27H25O4P/c1-22-12-11-18-26(20-22)30-32(28,29-25-16-8-4-9-17-25)31-27-19-10-3-7-15-24(27)21-23-13-5-2-6-14-23/h2-14,16-20H,15,21H2,1H3. The molecule has 162 valence electrons. The molecule has 32 heavy (non-hydrogen) atoms. The number of hydrogen-bond acceptors (Lipinski definition) is 4. The first kappa shape index (κ1) is 21.7. The van der Waals surface area contributed by atoms with E-state index in [1.807, 2.05) is 73.7 Å². The summed E-state index contributed by atoms with van der Waals surface area (Å²) in [6, 6.07) is 26.4. The summed E-state index contributed by atoms with van der Waals surface area (Å²) in [5.41, 5.74) is 3.12. The number of benzene rings is 3. The van der Waals surface area contributed by atoms with Crippen molar-refractivity contribution in [2.75, 3.05) is 0 Å². The van der Waals surface area contributed by atoms with E-state index in [2.05, 4.69) is 18.2 Å². The molecule has 1 aliphatic rings. The molecular weight excluding hydrogens is 419 g/mol. The Morgan fingerprint density at radius 2 is 1.47 bits per heavy atom. The third-order valence-corrected chi connectivity index (χ3v) is 6.13. The molecular formula is C27H25O4P. The van der Waals surface area contributed by atoms with Crippen LogP contribution in [-0.4, -0.2) is 0 Å². The van der Waals surface area contributed by atoms with Gasteiger partial charge in [-0.05, 0) is 66.8 Å². The summed E-state index contributed by atoms with van der Waals surface area (Å²) >= 11 is 0. The van der Waals surface area contributed by atoms with Crippen molar-refractivity contribution in [1.29, 1.82) is 0 Å². The molecule has 0 amide bonds. The van der Waals surface area contributed by atoms with E-state index in [1.54, 1.807) is 24.3 Å². The van der Waals surface area contributed by atoms with Crippen LogP contribution < -0.4 is 9.05 Å². The fraction of sp³-hybridized carbons (Fsp3) is 0.111. The first-order chi connectivity index (χ1) is 15.6. The van der Waals surface area contributed by atoms with Crippen molar-refractivity contribution >= 4 is 7.82 Å².